The van der Waals surface area contributed by atoms with Gasteiger partial charge in [0.1, 0.15) is 0 Å². The van der Waals surface area contributed by atoms with E-state index >= 15 is 0 Å². The van der Waals surface area contributed by atoms with Crippen molar-refractivity contribution in [1.29, 1.82) is 0 Å². The Balaban J connectivity index is 2.44. The van der Waals surface area contributed by atoms with Gasteiger partial charge in [-0.15, -0.1) is 0 Å². The molecule has 0 heterocycles. The molecule has 18 heavy (non-hydrogen) atoms. The second-order valence-electron chi connectivity index (χ2n) is 4.53. The fourth-order valence-electron chi connectivity index (χ4n) is 1.92. The second-order valence-corrected chi connectivity index (χ2v) is 5.45. The maximum Gasteiger partial charge on any atom is 0.0949 e. The molecule has 0 aliphatic heterocycles. The van der Waals surface area contributed by atoms with Crippen molar-refractivity contribution in [2.24, 2.45) is 0 Å². The van der Waals surface area contributed by atoms with Crippen molar-refractivity contribution in [3.05, 3.63) is 34.3 Å². The summed E-state index contributed by atoms with van der Waals surface area (Å²) in [4.78, 5) is 0. The van der Waals surface area contributed by atoms with Crippen molar-refractivity contribution < 1.29 is 4.74 Å². The van der Waals surface area contributed by atoms with Gasteiger partial charge in [0.2, 0.25) is 0 Å². The molecule has 0 saturated heterocycles. The molecule has 1 atom stereocenters. The third kappa shape index (κ3) is 5.98. The monoisotopic (exact) mass is 313 g/mol. The first-order valence-electron chi connectivity index (χ1n) is 6.79. The molecular weight excluding hydrogens is 290 g/mol. The predicted molar refractivity (Wildman–Crippen MR) is 80.9 cm³/mol. The van der Waals surface area contributed by atoms with Gasteiger partial charge in [-0.1, -0.05) is 54.2 Å². The van der Waals surface area contributed by atoms with Crippen LogP contribution in [-0.4, -0.2) is 20.2 Å². The van der Waals surface area contributed by atoms with E-state index in [1.165, 1.54) is 24.8 Å². The van der Waals surface area contributed by atoms with Crippen molar-refractivity contribution >= 4 is 15.9 Å². The highest BCUT2D eigenvalue weighted by atomic mass is 79.9. The smallest absolute Gasteiger partial charge is 0.0949 e. The molecule has 0 spiro atoms. The average Bonchev–Trinajstić information content (AvgIpc) is 2.37. The molecule has 1 unspecified atom stereocenters. The summed E-state index contributed by atoms with van der Waals surface area (Å²) in [5.41, 5.74) is 1.23. The summed E-state index contributed by atoms with van der Waals surface area (Å²) in [6.07, 6.45) is 5.14. The Morgan fingerprint density at radius 1 is 1.28 bits per heavy atom. The van der Waals surface area contributed by atoms with Crippen LogP contribution in [-0.2, 0) is 4.74 Å². The highest BCUT2D eigenvalue weighted by molar-refractivity contribution is 9.10. The number of nitrogens with one attached hydrogen (secondary N) is 1. The summed E-state index contributed by atoms with van der Waals surface area (Å²) in [5.74, 6) is 0. The number of hydrogen-bond donors (Lipinski definition) is 1. The number of rotatable bonds is 9. The van der Waals surface area contributed by atoms with E-state index in [1.807, 2.05) is 13.1 Å². The maximum absolute atomic E-state index is 5.99. The lowest BCUT2D eigenvalue weighted by molar-refractivity contribution is 0.0511. The summed E-state index contributed by atoms with van der Waals surface area (Å²) in [6.45, 7) is 3.93. The lowest BCUT2D eigenvalue weighted by Gasteiger charge is -2.18. The third-order valence-electron chi connectivity index (χ3n) is 2.93. The van der Waals surface area contributed by atoms with Gasteiger partial charge in [-0.25, -0.2) is 0 Å². The van der Waals surface area contributed by atoms with Crippen LogP contribution in [0.2, 0.25) is 0 Å². The third-order valence-corrected chi connectivity index (χ3v) is 3.42. The first-order valence-corrected chi connectivity index (χ1v) is 7.59. The van der Waals surface area contributed by atoms with E-state index in [0.717, 1.165) is 24.0 Å². The van der Waals surface area contributed by atoms with Crippen LogP contribution in [0.25, 0.3) is 0 Å². The van der Waals surface area contributed by atoms with E-state index in [2.05, 4.69) is 46.4 Å². The van der Waals surface area contributed by atoms with E-state index in [1.54, 1.807) is 0 Å². The van der Waals surface area contributed by atoms with Crippen LogP contribution in [0.3, 0.4) is 0 Å². The van der Waals surface area contributed by atoms with E-state index in [-0.39, 0.29) is 6.10 Å². The Labute approximate surface area is 119 Å². The Morgan fingerprint density at radius 2 is 2.11 bits per heavy atom. The summed E-state index contributed by atoms with van der Waals surface area (Å²) in [5, 5.41) is 3.20. The molecule has 0 aromatic heterocycles. The molecular formula is C15H24BrNO. The summed E-state index contributed by atoms with van der Waals surface area (Å²) < 4.78 is 7.09. The number of ether oxygens (including phenoxy) is 1. The molecule has 1 aromatic carbocycles. The molecule has 0 saturated carbocycles. The first-order chi connectivity index (χ1) is 8.77. The number of hydrogen-bond acceptors (Lipinski definition) is 2. The van der Waals surface area contributed by atoms with Crippen LogP contribution in [0.4, 0.5) is 0 Å². The van der Waals surface area contributed by atoms with Crippen LogP contribution >= 0.6 is 15.9 Å². The number of unbranched alkanes of at least 4 members (excludes halogenated alkanes) is 3. The van der Waals surface area contributed by atoms with Crippen molar-refractivity contribution in [2.75, 3.05) is 20.2 Å². The number of benzene rings is 1. The lowest BCUT2D eigenvalue weighted by Crippen LogP contribution is -2.20. The van der Waals surface area contributed by atoms with Crippen LogP contribution in [0.5, 0.6) is 0 Å². The zero-order chi connectivity index (χ0) is 13.2. The minimum Gasteiger partial charge on any atom is -0.372 e. The SMILES string of the molecule is CCCCCCOC(CNC)c1cccc(Br)c1. The average molecular weight is 314 g/mol. The van der Waals surface area contributed by atoms with E-state index in [9.17, 15) is 0 Å². The van der Waals surface area contributed by atoms with Crippen molar-refractivity contribution in [2.45, 2.75) is 38.7 Å². The molecule has 2 nitrogen and oxygen atoms in total. The fraction of sp³-hybridized carbons (Fsp3) is 0.600. The van der Waals surface area contributed by atoms with Crippen LogP contribution < -0.4 is 5.32 Å². The standard InChI is InChI=1S/C15H24BrNO/c1-3-4-5-6-10-18-15(12-17-2)13-8-7-9-14(16)11-13/h7-9,11,15,17H,3-6,10,12H2,1-2H3. The second kappa shape index (κ2) is 9.54. The summed E-state index contributed by atoms with van der Waals surface area (Å²) in [6, 6.07) is 8.36. The van der Waals surface area contributed by atoms with E-state index < -0.39 is 0 Å². The first kappa shape index (κ1) is 15.7. The van der Waals surface area contributed by atoms with Gasteiger partial charge >= 0.3 is 0 Å². The van der Waals surface area contributed by atoms with Crippen LogP contribution in [0, 0.1) is 0 Å². The van der Waals surface area contributed by atoms with Gasteiger partial charge in [0.05, 0.1) is 6.10 Å². The molecule has 3 heteroatoms. The quantitative estimate of drug-likeness (QED) is 0.686. The zero-order valence-electron chi connectivity index (χ0n) is 11.4. The van der Waals surface area contributed by atoms with Crippen LogP contribution in [0.1, 0.15) is 44.3 Å². The van der Waals surface area contributed by atoms with Gasteiger partial charge in [0.25, 0.3) is 0 Å². The van der Waals surface area contributed by atoms with Crippen molar-refractivity contribution in [3.63, 3.8) is 0 Å². The van der Waals surface area contributed by atoms with Gasteiger partial charge < -0.3 is 10.1 Å². The van der Waals surface area contributed by atoms with Gasteiger partial charge in [0, 0.05) is 17.6 Å². The Bertz CT molecular complexity index is 330. The topological polar surface area (TPSA) is 21.3 Å². The van der Waals surface area contributed by atoms with E-state index in [4.69, 9.17) is 4.74 Å². The highest BCUT2D eigenvalue weighted by Crippen LogP contribution is 2.21. The summed E-state index contributed by atoms with van der Waals surface area (Å²) in [7, 11) is 1.96. The molecule has 0 fully saturated rings. The molecule has 0 bridgehead atoms. The number of likely N-dealkylation sites (N-methyl/N-ethyl adjacent to an activating group) is 1. The fourth-order valence-corrected chi connectivity index (χ4v) is 2.34. The van der Waals surface area contributed by atoms with Crippen molar-refractivity contribution in [1.82, 2.24) is 5.32 Å². The summed E-state index contributed by atoms with van der Waals surface area (Å²) >= 11 is 3.51. The molecule has 0 amide bonds. The molecule has 1 N–H and O–H groups in total. The Morgan fingerprint density at radius 3 is 2.78 bits per heavy atom. The van der Waals surface area contributed by atoms with Crippen LogP contribution in [0.15, 0.2) is 28.7 Å². The highest BCUT2D eigenvalue weighted by Gasteiger charge is 2.11. The van der Waals surface area contributed by atoms with Gasteiger partial charge in [-0.05, 0) is 31.2 Å². The van der Waals surface area contributed by atoms with E-state index in [0.29, 0.717) is 0 Å². The predicted octanol–water partition coefficient (Wildman–Crippen LogP) is 4.31. The molecule has 0 aliphatic rings. The normalized spacial score (nSPS) is 12.6. The molecule has 0 radical (unpaired) electrons. The molecule has 1 rings (SSSR count). The molecule has 1 aromatic rings. The Kier molecular flexibility index (Phi) is 8.31. The van der Waals surface area contributed by atoms with Gasteiger partial charge in [0.15, 0.2) is 0 Å². The Hall–Kier alpha value is -0.380. The molecule has 102 valence electrons. The molecule has 0 aliphatic carbocycles. The number of halogens is 1. The maximum atomic E-state index is 5.99. The van der Waals surface area contributed by atoms with Crippen molar-refractivity contribution in [3.8, 4) is 0 Å². The lowest BCUT2D eigenvalue weighted by atomic mass is 10.1. The minimum absolute atomic E-state index is 0.147. The van der Waals surface area contributed by atoms with Gasteiger partial charge in [-0.2, -0.15) is 0 Å². The largest absolute Gasteiger partial charge is 0.372 e. The zero-order valence-corrected chi connectivity index (χ0v) is 13.0. The minimum atomic E-state index is 0.147. The van der Waals surface area contributed by atoms with Gasteiger partial charge in [-0.3, -0.25) is 0 Å².